The zero-order chi connectivity index (χ0) is 20.5. The van der Waals surface area contributed by atoms with Crippen molar-refractivity contribution in [3.05, 3.63) is 59.2 Å². The number of piperazine rings is 1. The number of hydrogen-bond donors (Lipinski definition) is 1. The average Bonchev–Trinajstić information content (AvgIpc) is 3.14. The summed E-state index contributed by atoms with van der Waals surface area (Å²) in [5.41, 5.74) is 1.35. The molecular weight excluding hydrogens is 396 g/mol. The summed E-state index contributed by atoms with van der Waals surface area (Å²) in [6, 6.07) is 16.1. The Morgan fingerprint density at radius 3 is 2.50 bits per heavy atom. The van der Waals surface area contributed by atoms with E-state index in [0.29, 0.717) is 18.1 Å². The van der Waals surface area contributed by atoms with Gasteiger partial charge in [0.2, 0.25) is 0 Å². The Kier molecular flexibility index (Phi) is 5.96. The van der Waals surface area contributed by atoms with Crippen LogP contribution in [0, 0.1) is 0 Å². The first-order valence-corrected chi connectivity index (χ1v) is 11.6. The third-order valence-corrected chi connectivity index (χ3v) is 7.38. The van der Waals surface area contributed by atoms with E-state index in [1.165, 1.54) is 18.4 Å². The van der Waals surface area contributed by atoms with Crippen LogP contribution in [-0.4, -0.2) is 76.8 Å². The molecule has 160 valence electrons. The summed E-state index contributed by atoms with van der Waals surface area (Å²) in [4.78, 5) is 12.2. The van der Waals surface area contributed by atoms with Gasteiger partial charge in [0.1, 0.15) is 5.82 Å². The van der Waals surface area contributed by atoms with Gasteiger partial charge in [0.15, 0.2) is 0 Å². The Balaban J connectivity index is 1.29. The highest BCUT2D eigenvalue weighted by Crippen LogP contribution is 2.31. The molecule has 0 spiro atoms. The van der Waals surface area contributed by atoms with Gasteiger partial charge in [-0.25, -0.2) is 4.98 Å². The third kappa shape index (κ3) is 4.35. The molecule has 2 aromatic rings. The molecule has 0 bridgehead atoms. The van der Waals surface area contributed by atoms with Crippen molar-refractivity contribution in [2.75, 3.05) is 37.6 Å². The van der Waals surface area contributed by atoms with Crippen LogP contribution in [0.5, 0.6) is 0 Å². The number of rotatable bonds is 4. The quantitative estimate of drug-likeness (QED) is 0.813. The maximum Gasteiger partial charge on any atom is 0.128 e. The number of hydrogen-bond acceptors (Lipinski definition) is 5. The number of anilines is 1. The number of halogens is 1. The summed E-state index contributed by atoms with van der Waals surface area (Å²) in [6.45, 7) is 5.06. The van der Waals surface area contributed by atoms with E-state index in [1.54, 1.807) is 0 Å². The van der Waals surface area contributed by atoms with Crippen molar-refractivity contribution in [1.29, 1.82) is 0 Å². The molecule has 4 heterocycles. The molecule has 30 heavy (non-hydrogen) atoms. The van der Waals surface area contributed by atoms with Crippen LogP contribution in [0.15, 0.2) is 48.7 Å². The fourth-order valence-corrected chi connectivity index (χ4v) is 5.75. The van der Waals surface area contributed by atoms with Crippen molar-refractivity contribution in [3.8, 4) is 0 Å². The number of fused-ring (bicyclic) bond motifs is 1. The lowest BCUT2D eigenvalue weighted by Gasteiger charge is -2.49. The van der Waals surface area contributed by atoms with Crippen LogP contribution in [0.4, 0.5) is 5.82 Å². The second-order valence-corrected chi connectivity index (χ2v) is 9.52. The fraction of sp³-hybridized carbons (Fsp3) is 0.542. The molecule has 5 rings (SSSR count). The van der Waals surface area contributed by atoms with Crippen LogP contribution >= 0.6 is 11.6 Å². The first-order valence-electron chi connectivity index (χ1n) is 11.2. The first kappa shape index (κ1) is 20.3. The fourth-order valence-electron chi connectivity index (χ4n) is 5.63. The van der Waals surface area contributed by atoms with Gasteiger partial charge in [-0.05, 0) is 55.5 Å². The molecule has 0 amide bonds. The number of nitrogens with zero attached hydrogens (tertiary/aromatic N) is 4. The minimum atomic E-state index is -0.169. The highest BCUT2D eigenvalue weighted by molar-refractivity contribution is 6.30. The van der Waals surface area contributed by atoms with E-state index >= 15 is 0 Å². The van der Waals surface area contributed by atoms with Gasteiger partial charge in [-0.15, -0.1) is 0 Å². The monoisotopic (exact) mass is 426 g/mol. The Morgan fingerprint density at radius 2 is 1.77 bits per heavy atom. The summed E-state index contributed by atoms with van der Waals surface area (Å²) in [7, 11) is 0. The average molecular weight is 427 g/mol. The molecule has 0 radical (unpaired) electrons. The standard InChI is InChI=1S/C24H31ClN4O/c25-19-6-4-18(5-7-19)13-22-15-28-17-23(30)14-21(28)16-29(22)20-8-11-27(12-9-20)24-3-1-2-10-26-24/h1-7,10,20-23,30H,8-9,11-17H2/t21-,22-,23+/m0/s1. The zero-order valence-electron chi connectivity index (χ0n) is 17.4. The maximum absolute atomic E-state index is 10.2. The highest BCUT2D eigenvalue weighted by atomic mass is 35.5. The second-order valence-electron chi connectivity index (χ2n) is 9.08. The number of piperidine rings is 1. The number of aliphatic hydroxyl groups is 1. The molecule has 3 aliphatic rings. The van der Waals surface area contributed by atoms with E-state index < -0.39 is 0 Å². The summed E-state index contributed by atoms with van der Waals surface area (Å²) in [5, 5.41) is 11.0. The van der Waals surface area contributed by atoms with Gasteiger partial charge in [-0.2, -0.15) is 0 Å². The van der Waals surface area contributed by atoms with Crippen LogP contribution in [0.2, 0.25) is 5.02 Å². The van der Waals surface area contributed by atoms with Crippen molar-refractivity contribution in [2.24, 2.45) is 0 Å². The van der Waals surface area contributed by atoms with E-state index in [0.717, 1.165) is 56.4 Å². The summed E-state index contributed by atoms with van der Waals surface area (Å²) in [5.74, 6) is 1.09. The summed E-state index contributed by atoms with van der Waals surface area (Å²) >= 11 is 6.10. The van der Waals surface area contributed by atoms with E-state index in [9.17, 15) is 5.11 Å². The molecule has 3 atom stereocenters. The van der Waals surface area contributed by atoms with E-state index in [-0.39, 0.29) is 6.10 Å². The summed E-state index contributed by atoms with van der Waals surface area (Å²) < 4.78 is 0. The van der Waals surface area contributed by atoms with Crippen LogP contribution in [0.3, 0.4) is 0 Å². The molecule has 0 aliphatic carbocycles. The van der Waals surface area contributed by atoms with Gasteiger partial charge >= 0.3 is 0 Å². The Morgan fingerprint density at radius 1 is 0.967 bits per heavy atom. The topological polar surface area (TPSA) is 42.8 Å². The lowest BCUT2D eigenvalue weighted by Crippen LogP contribution is -2.61. The highest BCUT2D eigenvalue weighted by Gasteiger charge is 2.42. The van der Waals surface area contributed by atoms with Gasteiger partial charge < -0.3 is 10.0 Å². The van der Waals surface area contributed by atoms with Crippen LogP contribution in [-0.2, 0) is 6.42 Å². The molecule has 3 aliphatic heterocycles. The van der Waals surface area contributed by atoms with Gasteiger partial charge in [-0.1, -0.05) is 29.8 Å². The lowest BCUT2D eigenvalue weighted by molar-refractivity contribution is 0.0122. The predicted molar refractivity (Wildman–Crippen MR) is 121 cm³/mol. The molecule has 0 saturated carbocycles. The third-order valence-electron chi connectivity index (χ3n) is 7.13. The van der Waals surface area contributed by atoms with Gasteiger partial charge in [0.25, 0.3) is 0 Å². The predicted octanol–water partition coefficient (Wildman–Crippen LogP) is 3.07. The smallest absolute Gasteiger partial charge is 0.128 e. The maximum atomic E-state index is 10.2. The molecule has 3 fully saturated rings. The van der Waals surface area contributed by atoms with Crippen molar-refractivity contribution < 1.29 is 5.11 Å². The SMILES string of the molecule is O[C@@H]1C[C@H]2CN(C3CCN(c4ccccn4)CC3)[C@@H](Cc3ccc(Cl)cc3)CN2C1. The molecule has 5 nitrogen and oxygen atoms in total. The van der Waals surface area contributed by atoms with E-state index in [1.807, 2.05) is 24.4 Å². The largest absolute Gasteiger partial charge is 0.392 e. The van der Waals surface area contributed by atoms with E-state index in [4.69, 9.17) is 11.6 Å². The minimum Gasteiger partial charge on any atom is -0.392 e. The molecule has 1 aromatic carbocycles. The second kappa shape index (κ2) is 8.83. The first-order chi connectivity index (χ1) is 14.7. The van der Waals surface area contributed by atoms with Crippen molar-refractivity contribution in [3.63, 3.8) is 0 Å². The normalized spacial score (nSPS) is 28.6. The lowest BCUT2D eigenvalue weighted by atomic mass is 9.94. The number of aromatic nitrogens is 1. The molecule has 1 aromatic heterocycles. The Labute approximate surface area is 184 Å². The molecular formula is C24H31ClN4O. The van der Waals surface area contributed by atoms with Crippen LogP contribution in [0.1, 0.15) is 24.8 Å². The van der Waals surface area contributed by atoms with Gasteiger partial charge in [0.05, 0.1) is 6.10 Å². The molecule has 0 unspecified atom stereocenters. The van der Waals surface area contributed by atoms with Gasteiger partial charge in [0, 0.05) is 62.1 Å². The number of pyridine rings is 1. The van der Waals surface area contributed by atoms with Crippen LogP contribution in [0.25, 0.3) is 0 Å². The van der Waals surface area contributed by atoms with Crippen molar-refractivity contribution in [1.82, 2.24) is 14.8 Å². The van der Waals surface area contributed by atoms with Crippen LogP contribution < -0.4 is 4.90 Å². The van der Waals surface area contributed by atoms with E-state index in [2.05, 4.69) is 43.9 Å². The minimum absolute atomic E-state index is 0.169. The molecule has 1 N–H and O–H groups in total. The van der Waals surface area contributed by atoms with Gasteiger partial charge in [-0.3, -0.25) is 9.80 Å². The number of aliphatic hydroxyl groups excluding tert-OH is 1. The molecule has 3 saturated heterocycles. The Bertz CT molecular complexity index is 825. The van der Waals surface area contributed by atoms with Crippen molar-refractivity contribution in [2.45, 2.75) is 49.9 Å². The summed E-state index contributed by atoms with van der Waals surface area (Å²) in [6.07, 6.45) is 6.01. The number of benzene rings is 1. The zero-order valence-corrected chi connectivity index (χ0v) is 18.2. The van der Waals surface area contributed by atoms with Crippen molar-refractivity contribution >= 4 is 17.4 Å². The Hall–Kier alpha value is -1.66. The molecule has 6 heteroatoms.